The number of aliphatic hydroxyl groups excluding tert-OH is 4. The Balaban J connectivity index is 1.67. The number of methoxy groups -OCH3 is 1. The maximum absolute atomic E-state index is 12.9. The number of benzene rings is 1. The Bertz CT molecular complexity index is 1090. The predicted molar refractivity (Wildman–Crippen MR) is 111 cm³/mol. The molecule has 174 valence electrons. The van der Waals surface area contributed by atoms with Gasteiger partial charge in [0, 0.05) is 12.1 Å². The lowest BCUT2D eigenvalue weighted by atomic mass is 9.99. The normalized spacial score (nSPS) is 28.9. The fourth-order valence-electron chi connectivity index (χ4n) is 3.79. The molecule has 4 rings (SSSR count). The molecule has 10 nitrogen and oxygen atoms in total. The van der Waals surface area contributed by atoms with Crippen molar-refractivity contribution in [2.75, 3.05) is 13.7 Å². The Morgan fingerprint density at radius 1 is 1.12 bits per heavy atom. The third-order valence-electron chi connectivity index (χ3n) is 5.50. The zero-order chi connectivity index (χ0) is 23.2. The molecule has 0 aliphatic carbocycles. The first kappa shape index (κ1) is 22.7. The summed E-state index contributed by atoms with van der Waals surface area (Å²) >= 11 is 0. The van der Waals surface area contributed by atoms with Gasteiger partial charge >= 0.3 is 0 Å². The van der Waals surface area contributed by atoms with E-state index in [0.717, 1.165) is 0 Å². The number of rotatable bonds is 5. The van der Waals surface area contributed by atoms with Crippen LogP contribution in [-0.4, -0.2) is 70.4 Å². The molecule has 0 radical (unpaired) electrons. The third kappa shape index (κ3) is 4.01. The van der Waals surface area contributed by atoms with E-state index in [2.05, 4.69) is 0 Å². The summed E-state index contributed by atoms with van der Waals surface area (Å²) in [6.45, 7) is 2.93. The Labute approximate surface area is 183 Å². The standard InChI is InChI=1S/C22H26O10/c1-22(2)5-4-11-13(32-22)7-14(28-3)16-12(24)6-10(30-20(11)16)9-29-21-19(27)18(26)17(25)15(8-23)31-21/h4-7,15,17-19,21,23,25-27H,8-9H2,1-3H3. The van der Waals surface area contributed by atoms with Crippen LogP contribution in [0.25, 0.3) is 17.0 Å². The fourth-order valence-corrected chi connectivity index (χ4v) is 3.79. The van der Waals surface area contributed by atoms with Crippen LogP contribution in [0.15, 0.2) is 27.4 Å². The van der Waals surface area contributed by atoms with Crippen LogP contribution in [0.2, 0.25) is 0 Å². The number of hydrogen-bond donors (Lipinski definition) is 4. The van der Waals surface area contributed by atoms with Crippen molar-refractivity contribution in [3.05, 3.63) is 39.8 Å². The molecular formula is C22H26O10. The predicted octanol–water partition coefficient (Wildman–Crippen LogP) is 0.302. The second-order valence-corrected chi connectivity index (χ2v) is 8.32. The highest BCUT2D eigenvalue weighted by atomic mass is 16.7. The van der Waals surface area contributed by atoms with Gasteiger partial charge in [-0.1, -0.05) is 0 Å². The van der Waals surface area contributed by atoms with Crippen LogP contribution in [0.4, 0.5) is 0 Å². The average Bonchev–Trinajstić information content (AvgIpc) is 2.75. The summed E-state index contributed by atoms with van der Waals surface area (Å²) in [5.41, 5.74) is -0.0787. The maximum Gasteiger partial charge on any atom is 0.196 e. The van der Waals surface area contributed by atoms with E-state index in [1.807, 2.05) is 26.0 Å². The summed E-state index contributed by atoms with van der Waals surface area (Å²) in [5, 5.41) is 39.4. The number of ether oxygens (including phenoxy) is 4. The summed E-state index contributed by atoms with van der Waals surface area (Å²) in [6.07, 6.45) is -3.44. The monoisotopic (exact) mass is 450 g/mol. The van der Waals surface area contributed by atoms with E-state index in [9.17, 15) is 25.2 Å². The van der Waals surface area contributed by atoms with Crippen molar-refractivity contribution in [3.63, 3.8) is 0 Å². The molecule has 1 aromatic carbocycles. The summed E-state index contributed by atoms with van der Waals surface area (Å²) in [5.74, 6) is 0.935. The molecule has 5 atom stereocenters. The van der Waals surface area contributed by atoms with Gasteiger partial charge in [0.15, 0.2) is 17.3 Å². The topological polar surface area (TPSA) is 148 Å². The Morgan fingerprint density at radius 3 is 2.56 bits per heavy atom. The molecule has 0 amide bonds. The highest BCUT2D eigenvalue weighted by Crippen LogP contribution is 2.40. The van der Waals surface area contributed by atoms with Crippen molar-refractivity contribution < 1.29 is 43.8 Å². The van der Waals surface area contributed by atoms with Gasteiger partial charge in [-0.2, -0.15) is 0 Å². The summed E-state index contributed by atoms with van der Waals surface area (Å²) in [7, 11) is 1.44. The maximum atomic E-state index is 12.9. The van der Waals surface area contributed by atoms with Crippen molar-refractivity contribution in [1.82, 2.24) is 0 Å². The van der Waals surface area contributed by atoms with Crippen LogP contribution in [0.3, 0.4) is 0 Å². The Kier molecular flexibility index (Phi) is 6.01. The first-order valence-electron chi connectivity index (χ1n) is 10.1. The van der Waals surface area contributed by atoms with Crippen molar-refractivity contribution in [1.29, 1.82) is 0 Å². The lowest BCUT2D eigenvalue weighted by molar-refractivity contribution is -0.304. The molecule has 10 heteroatoms. The van der Waals surface area contributed by atoms with E-state index in [0.29, 0.717) is 17.1 Å². The molecule has 5 unspecified atom stereocenters. The molecule has 1 aromatic heterocycles. The molecule has 2 aliphatic heterocycles. The molecule has 2 aromatic rings. The van der Waals surface area contributed by atoms with Crippen molar-refractivity contribution >= 4 is 17.0 Å². The van der Waals surface area contributed by atoms with Crippen LogP contribution >= 0.6 is 0 Å². The molecule has 3 heterocycles. The van der Waals surface area contributed by atoms with Gasteiger partial charge in [-0.3, -0.25) is 4.79 Å². The van der Waals surface area contributed by atoms with Crippen molar-refractivity contribution in [3.8, 4) is 11.5 Å². The lowest BCUT2D eigenvalue weighted by Crippen LogP contribution is -2.59. The molecule has 4 N–H and O–H groups in total. The lowest BCUT2D eigenvalue weighted by Gasteiger charge is -2.39. The minimum Gasteiger partial charge on any atom is -0.496 e. The van der Waals surface area contributed by atoms with Gasteiger partial charge in [0.05, 0.1) is 19.3 Å². The van der Waals surface area contributed by atoms with E-state index in [1.165, 1.54) is 13.2 Å². The number of hydrogen-bond acceptors (Lipinski definition) is 10. The van der Waals surface area contributed by atoms with Gasteiger partial charge in [0.25, 0.3) is 0 Å². The van der Waals surface area contributed by atoms with E-state index >= 15 is 0 Å². The van der Waals surface area contributed by atoms with E-state index < -0.39 is 42.9 Å². The molecular weight excluding hydrogens is 424 g/mol. The van der Waals surface area contributed by atoms with Crippen LogP contribution in [0.1, 0.15) is 25.2 Å². The smallest absolute Gasteiger partial charge is 0.196 e. The highest BCUT2D eigenvalue weighted by molar-refractivity contribution is 5.93. The zero-order valence-electron chi connectivity index (χ0n) is 17.8. The van der Waals surface area contributed by atoms with Crippen LogP contribution in [-0.2, 0) is 16.1 Å². The van der Waals surface area contributed by atoms with Gasteiger partial charge in [-0.25, -0.2) is 0 Å². The van der Waals surface area contributed by atoms with E-state index in [-0.39, 0.29) is 28.8 Å². The van der Waals surface area contributed by atoms with Gasteiger partial charge < -0.3 is 43.8 Å². The van der Waals surface area contributed by atoms with E-state index in [1.54, 1.807) is 6.07 Å². The van der Waals surface area contributed by atoms with Crippen molar-refractivity contribution in [2.24, 2.45) is 0 Å². The molecule has 0 bridgehead atoms. The minimum atomic E-state index is -1.57. The molecule has 2 aliphatic rings. The molecule has 32 heavy (non-hydrogen) atoms. The molecule has 0 saturated carbocycles. The number of fused-ring (bicyclic) bond motifs is 3. The number of aliphatic hydroxyl groups is 4. The Morgan fingerprint density at radius 2 is 1.88 bits per heavy atom. The summed E-state index contributed by atoms with van der Waals surface area (Å²) in [6, 6.07) is 2.88. The quantitative estimate of drug-likeness (QED) is 0.501. The Hall–Kier alpha value is -2.47. The second-order valence-electron chi connectivity index (χ2n) is 8.32. The SMILES string of the molecule is COc1cc2c(c3oc(COC4OC(CO)C(O)C(O)C4O)cc(=O)c13)C=CC(C)(C)O2. The fraction of sp³-hybridized carbons (Fsp3) is 0.500. The molecule has 1 saturated heterocycles. The zero-order valence-corrected chi connectivity index (χ0v) is 17.8. The van der Waals surface area contributed by atoms with Crippen LogP contribution < -0.4 is 14.9 Å². The minimum absolute atomic E-state index is 0.133. The molecule has 0 spiro atoms. The third-order valence-corrected chi connectivity index (χ3v) is 5.50. The van der Waals surface area contributed by atoms with Gasteiger partial charge in [-0.05, 0) is 26.0 Å². The highest BCUT2D eigenvalue weighted by Gasteiger charge is 2.44. The first-order chi connectivity index (χ1) is 15.1. The van der Waals surface area contributed by atoms with Crippen molar-refractivity contribution in [2.45, 2.75) is 56.8 Å². The van der Waals surface area contributed by atoms with Gasteiger partial charge in [-0.15, -0.1) is 0 Å². The molecule has 1 fully saturated rings. The first-order valence-corrected chi connectivity index (χ1v) is 10.1. The average molecular weight is 450 g/mol. The van der Waals surface area contributed by atoms with Gasteiger partial charge in [0.1, 0.15) is 59.3 Å². The second kappa shape index (κ2) is 8.47. The van der Waals surface area contributed by atoms with Crippen LogP contribution in [0.5, 0.6) is 11.5 Å². The largest absolute Gasteiger partial charge is 0.496 e. The van der Waals surface area contributed by atoms with E-state index in [4.69, 9.17) is 23.4 Å². The van der Waals surface area contributed by atoms with Crippen LogP contribution in [0, 0.1) is 0 Å². The summed E-state index contributed by atoms with van der Waals surface area (Å²) < 4.78 is 28.1. The van der Waals surface area contributed by atoms with Gasteiger partial charge in [0.2, 0.25) is 0 Å². The summed E-state index contributed by atoms with van der Waals surface area (Å²) in [4.78, 5) is 12.9.